The largest absolute Gasteiger partial charge is 0.495 e. The number of nitrogens with one attached hydrogen (secondary N) is 2. The normalized spacial score (nSPS) is 18.6. The van der Waals surface area contributed by atoms with Gasteiger partial charge in [-0.2, -0.15) is 17.0 Å². The van der Waals surface area contributed by atoms with E-state index in [1.165, 1.54) is 43.7 Å². The number of amides is 1. The highest BCUT2D eigenvalue weighted by molar-refractivity contribution is 7.89. The molecule has 1 fully saturated rings. The molecule has 30 heavy (non-hydrogen) atoms. The van der Waals surface area contributed by atoms with Gasteiger partial charge in [-0.25, -0.2) is 13.1 Å². The van der Waals surface area contributed by atoms with Crippen LogP contribution in [0.5, 0.6) is 5.75 Å². The number of hydrogen-bond acceptors (Lipinski definition) is 6. The van der Waals surface area contributed by atoms with Crippen LogP contribution in [0.25, 0.3) is 0 Å². The van der Waals surface area contributed by atoms with Crippen LogP contribution in [0.4, 0.5) is 5.69 Å². The van der Waals surface area contributed by atoms with Crippen molar-refractivity contribution in [3.8, 4) is 5.75 Å². The van der Waals surface area contributed by atoms with Gasteiger partial charge >= 0.3 is 0 Å². The average molecular weight is 463 g/mol. The van der Waals surface area contributed by atoms with E-state index in [4.69, 9.17) is 4.74 Å². The maximum Gasteiger partial charge on any atom is 0.281 e. The van der Waals surface area contributed by atoms with Gasteiger partial charge in [-0.3, -0.25) is 4.79 Å². The first kappa shape index (κ1) is 24.5. The molecule has 1 saturated heterocycles. The van der Waals surface area contributed by atoms with Gasteiger partial charge in [0.25, 0.3) is 10.2 Å². The second kappa shape index (κ2) is 9.60. The zero-order chi connectivity index (χ0) is 22.7. The molecule has 1 aliphatic heterocycles. The van der Waals surface area contributed by atoms with Gasteiger partial charge in [0.15, 0.2) is 0 Å². The maximum atomic E-state index is 12.8. The molecule has 0 aromatic heterocycles. The quantitative estimate of drug-likeness (QED) is 0.590. The van der Waals surface area contributed by atoms with Crippen LogP contribution < -0.4 is 14.8 Å². The third-order valence-electron chi connectivity index (χ3n) is 4.67. The highest BCUT2D eigenvalue weighted by atomic mass is 32.2. The van der Waals surface area contributed by atoms with Crippen LogP contribution in [0, 0.1) is 5.92 Å². The summed E-state index contributed by atoms with van der Waals surface area (Å²) in [7, 11) is -3.07. The molecular weight excluding hydrogens is 432 g/mol. The van der Waals surface area contributed by atoms with E-state index in [9.17, 15) is 21.6 Å². The van der Waals surface area contributed by atoms with Gasteiger partial charge in [-0.05, 0) is 44.9 Å². The summed E-state index contributed by atoms with van der Waals surface area (Å²) in [5, 5.41) is 2.71. The minimum Gasteiger partial charge on any atom is -0.495 e. The van der Waals surface area contributed by atoms with Crippen LogP contribution >= 0.6 is 0 Å². The van der Waals surface area contributed by atoms with Crippen LogP contribution in [0.2, 0.25) is 0 Å². The topological polar surface area (TPSA) is 125 Å². The fourth-order valence-electron chi connectivity index (χ4n) is 3.16. The number of anilines is 1. The first-order valence-electron chi connectivity index (χ1n) is 9.57. The Kier molecular flexibility index (Phi) is 7.85. The van der Waals surface area contributed by atoms with Crippen LogP contribution in [0.3, 0.4) is 0 Å². The molecule has 1 amide bonds. The average Bonchev–Trinajstić information content (AvgIpc) is 2.66. The number of benzene rings is 1. The molecule has 0 radical (unpaired) electrons. The fraction of sp³-hybridized carbons (Fsp3) is 0.611. The van der Waals surface area contributed by atoms with E-state index < -0.39 is 32.1 Å². The van der Waals surface area contributed by atoms with Gasteiger partial charge < -0.3 is 10.1 Å². The van der Waals surface area contributed by atoms with E-state index in [2.05, 4.69) is 10.0 Å². The first-order valence-corrected chi connectivity index (χ1v) is 12.5. The van der Waals surface area contributed by atoms with Crippen molar-refractivity contribution in [2.45, 2.75) is 37.6 Å². The Morgan fingerprint density at radius 3 is 2.47 bits per heavy atom. The Bertz CT molecular complexity index is 976. The van der Waals surface area contributed by atoms with Crippen molar-refractivity contribution >= 4 is 31.8 Å². The van der Waals surface area contributed by atoms with Crippen molar-refractivity contribution in [2.75, 3.05) is 39.6 Å². The Morgan fingerprint density at radius 1 is 1.23 bits per heavy atom. The molecule has 1 heterocycles. The second-order valence-electron chi connectivity index (χ2n) is 7.61. The highest BCUT2D eigenvalue weighted by Crippen LogP contribution is 2.29. The SMILES string of the molecule is COc1ccc(S(=O)(=O)NC(C)C)cc1NC(=O)[C@H]1CCCN(S(=O)(=O)N(C)C)C1. The summed E-state index contributed by atoms with van der Waals surface area (Å²) in [5.41, 5.74) is 0.210. The lowest BCUT2D eigenvalue weighted by Crippen LogP contribution is -2.47. The monoisotopic (exact) mass is 462 g/mol. The molecule has 1 aromatic rings. The summed E-state index contributed by atoms with van der Waals surface area (Å²) in [4.78, 5) is 12.8. The molecule has 1 atom stereocenters. The van der Waals surface area contributed by atoms with Crippen molar-refractivity contribution in [1.29, 1.82) is 0 Å². The summed E-state index contributed by atoms with van der Waals surface area (Å²) in [6.07, 6.45) is 1.08. The van der Waals surface area contributed by atoms with E-state index in [1.807, 2.05) is 0 Å². The summed E-state index contributed by atoms with van der Waals surface area (Å²) in [5.74, 6) is -0.647. The maximum absolute atomic E-state index is 12.8. The van der Waals surface area contributed by atoms with Gasteiger partial charge in [-0.15, -0.1) is 0 Å². The first-order chi connectivity index (χ1) is 13.9. The van der Waals surface area contributed by atoms with Gasteiger partial charge in [0.1, 0.15) is 5.75 Å². The lowest BCUT2D eigenvalue weighted by molar-refractivity contribution is -0.120. The minimum atomic E-state index is -3.76. The summed E-state index contributed by atoms with van der Waals surface area (Å²) in [6, 6.07) is 3.90. The number of nitrogens with zero attached hydrogens (tertiary/aromatic N) is 2. The van der Waals surface area contributed by atoms with E-state index >= 15 is 0 Å². The van der Waals surface area contributed by atoms with Crippen LogP contribution in [0.1, 0.15) is 26.7 Å². The second-order valence-corrected chi connectivity index (χ2v) is 11.5. The minimum absolute atomic E-state index is 0.00671. The zero-order valence-electron chi connectivity index (χ0n) is 17.9. The lowest BCUT2D eigenvalue weighted by Gasteiger charge is -2.32. The Hall–Kier alpha value is -1.73. The highest BCUT2D eigenvalue weighted by Gasteiger charge is 2.33. The molecule has 12 heteroatoms. The molecular formula is C18H30N4O6S2. The van der Waals surface area contributed by atoms with Crippen LogP contribution in [-0.2, 0) is 25.0 Å². The molecule has 0 aliphatic carbocycles. The molecule has 1 aliphatic rings. The van der Waals surface area contributed by atoms with Crippen molar-refractivity contribution in [3.63, 3.8) is 0 Å². The van der Waals surface area contributed by atoms with Crippen LogP contribution in [0.15, 0.2) is 23.1 Å². The summed E-state index contributed by atoms with van der Waals surface area (Å²) < 4.78 is 59.8. The Labute approximate surface area is 178 Å². The predicted octanol–water partition coefficient (Wildman–Crippen LogP) is 0.839. The number of carbonyl (C=O) groups excluding carboxylic acids is 1. The molecule has 0 spiro atoms. The Balaban J connectivity index is 2.24. The van der Waals surface area contributed by atoms with Gasteiger partial charge in [-0.1, -0.05) is 0 Å². The predicted molar refractivity (Wildman–Crippen MR) is 114 cm³/mol. The molecule has 1 aromatic carbocycles. The number of ether oxygens (including phenoxy) is 1. The molecule has 2 rings (SSSR count). The smallest absolute Gasteiger partial charge is 0.281 e. The molecule has 0 unspecified atom stereocenters. The zero-order valence-corrected chi connectivity index (χ0v) is 19.5. The molecule has 0 bridgehead atoms. The van der Waals surface area contributed by atoms with E-state index in [-0.39, 0.29) is 23.2 Å². The molecule has 10 nitrogen and oxygen atoms in total. The van der Waals surface area contributed by atoms with Gasteiger partial charge in [0.05, 0.1) is 23.6 Å². The third-order valence-corrected chi connectivity index (χ3v) is 8.24. The number of carbonyl (C=O) groups is 1. The number of piperidine rings is 1. The summed E-state index contributed by atoms with van der Waals surface area (Å²) in [6.45, 7) is 3.82. The Morgan fingerprint density at radius 2 is 1.90 bits per heavy atom. The number of hydrogen-bond donors (Lipinski definition) is 2. The van der Waals surface area contributed by atoms with Crippen molar-refractivity contribution in [2.24, 2.45) is 5.92 Å². The fourth-order valence-corrected chi connectivity index (χ4v) is 5.63. The van der Waals surface area contributed by atoms with Crippen molar-refractivity contribution in [1.82, 2.24) is 13.3 Å². The lowest BCUT2D eigenvalue weighted by atomic mass is 9.98. The molecule has 0 saturated carbocycles. The third kappa shape index (κ3) is 5.70. The molecule has 2 N–H and O–H groups in total. The van der Waals surface area contributed by atoms with Gasteiger partial charge in [0.2, 0.25) is 15.9 Å². The van der Waals surface area contributed by atoms with E-state index in [0.717, 1.165) is 4.31 Å². The number of methoxy groups -OCH3 is 1. The van der Waals surface area contributed by atoms with E-state index in [1.54, 1.807) is 13.8 Å². The number of rotatable bonds is 8. The molecule has 170 valence electrons. The van der Waals surface area contributed by atoms with E-state index in [0.29, 0.717) is 25.1 Å². The van der Waals surface area contributed by atoms with Crippen molar-refractivity contribution in [3.05, 3.63) is 18.2 Å². The summed E-state index contributed by atoms with van der Waals surface area (Å²) >= 11 is 0. The van der Waals surface area contributed by atoms with Crippen LogP contribution in [-0.4, -0.2) is 71.7 Å². The standard InChI is InChI=1S/C18H30N4O6S2/c1-13(2)20-29(24,25)15-8-9-17(28-5)16(11-15)19-18(23)14-7-6-10-22(12-14)30(26,27)21(3)4/h8-9,11,13-14,20H,6-7,10,12H2,1-5H3,(H,19,23)/t14-/m0/s1. The van der Waals surface area contributed by atoms with Crippen molar-refractivity contribution < 1.29 is 26.4 Å². The van der Waals surface area contributed by atoms with Gasteiger partial charge in [0, 0.05) is 33.2 Å². The number of sulfonamides is 1.